The first-order chi connectivity index (χ1) is 6.68. The maximum Gasteiger partial charge on any atom is 0.207 e. The van der Waals surface area contributed by atoms with E-state index in [2.05, 4.69) is 5.10 Å². The van der Waals surface area contributed by atoms with Crippen LogP contribution in [-0.4, -0.2) is 15.6 Å². The summed E-state index contributed by atoms with van der Waals surface area (Å²) in [5.41, 5.74) is 0.567. The first kappa shape index (κ1) is 9.43. The van der Waals surface area contributed by atoms with Crippen molar-refractivity contribution in [1.29, 1.82) is 0 Å². The quantitative estimate of drug-likeness (QED) is 0.737. The summed E-state index contributed by atoms with van der Waals surface area (Å²) in [6.07, 6.45) is 3.22. The SMILES string of the molecule is Cn1cc(C(=O)c2sccc2Cl)cn1. The van der Waals surface area contributed by atoms with Crippen LogP contribution in [0.3, 0.4) is 0 Å². The first-order valence-corrected chi connectivity index (χ1v) is 5.20. The molecule has 5 heteroatoms. The van der Waals surface area contributed by atoms with E-state index in [0.717, 1.165) is 0 Å². The molecule has 0 unspecified atom stereocenters. The molecule has 0 amide bonds. The van der Waals surface area contributed by atoms with Gasteiger partial charge in [-0.3, -0.25) is 9.48 Å². The van der Waals surface area contributed by atoms with Gasteiger partial charge in [0.2, 0.25) is 5.78 Å². The molecule has 3 nitrogen and oxygen atoms in total. The van der Waals surface area contributed by atoms with Crippen LogP contribution in [0.2, 0.25) is 5.02 Å². The van der Waals surface area contributed by atoms with E-state index in [1.807, 2.05) is 0 Å². The van der Waals surface area contributed by atoms with Crippen molar-refractivity contribution < 1.29 is 4.79 Å². The molecule has 0 radical (unpaired) electrons. The van der Waals surface area contributed by atoms with Crippen LogP contribution >= 0.6 is 22.9 Å². The molecule has 0 aliphatic carbocycles. The summed E-state index contributed by atoms with van der Waals surface area (Å²) >= 11 is 7.20. The Bertz CT molecular complexity index is 475. The fraction of sp³-hybridized carbons (Fsp3) is 0.111. The number of carbonyl (C=O) groups is 1. The zero-order chi connectivity index (χ0) is 10.1. The van der Waals surface area contributed by atoms with E-state index < -0.39 is 0 Å². The van der Waals surface area contributed by atoms with Gasteiger partial charge in [0.15, 0.2) is 0 Å². The molecule has 0 atom stereocenters. The number of aromatic nitrogens is 2. The maximum atomic E-state index is 11.8. The average molecular weight is 227 g/mol. The monoisotopic (exact) mass is 226 g/mol. The summed E-state index contributed by atoms with van der Waals surface area (Å²) in [7, 11) is 1.77. The lowest BCUT2D eigenvalue weighted by molar-refractivity contribution is 0.104. The van der Waals surface area contributed by atoms with Gasteiger partial charge in [0, 0.05) is 13.2 Å². The van der Waals surface area contributed by atoms with Crippen molar-refractivity contribution in [1.82, 2.24) is 9.78 Å². The number of carbonyl (C=O) groups excluding carboxylic acids is 1. The first-order valence-electron chi connectivity index (χ1n) is 3.95. The molecule has 0 N–H and O–H groups in total. The molecule has 0 fully saturated rings. The Morgan fingerprint density at radius 1 is 1.64 bits per heavy atom. The van der Waals surface area contributed by atoms with Crippen molar-refractivity contribution in [3.63, 3.8) is 0 Å². The largest absolute Gasteiger partial charge is 0.288 e. The molecule has 2 rings (SSSR count). The average Bonchev–Trinajstić information content (AvgIpc) is 2.73. The van der Waals surface area contributed by atoms with Crippen LogP contribution in [0.1, 0.15) is 15.2 Å². The molecule has 0 saturated carbocycles. The molecular weight excluding hydrogens is 220 g/mol. The summed E-state index contributed by atoms with van der Waals surface area (Å²) < 4.78 is 1.59. The van der Waals surface area contributed by atoms with Crippen molar-refractivity contribution in [2.24, 2.45) is 7.05 Å². The number of ketones is 1. The fourth-order valence-corrected chi connectivity index (χ4v) is 2.23. The van der Waals surface area contributed by atoms with Gasteiger partial charge in [0.05, 0.1) is 21.7 Å². The highest BCUT2D eigenvalue weighted by molar-refractivity contribution is 7.13. The molecule has 2 aromatic rings. The minimum absolute atomic E-state index is 0.0712. The van der Waals surface area contributed by atoms with Crippen molar-refractivity contribution >= 4 is 28.7 Å². The van der Waals surface area contributed by atoms with Gasteiger partial charge in [-0.15, -0.1) is 11.3 Å². The van der Waals surface area contributed by atoms with Crippen LogP contribution in [0.25, 0.3) is 0 Å². The molecule has 0 aliphatic heterocycles. The summed E-state index contributed by atoms with van der Waals surface area (Å²) in [4.78, 5) is 12.4. The number of hydrogen-bond acceptors (Lipinski definition) is 3. The van der Waals surface area contributed by atoms with Gasteiger partial charge < -0.3 is 0 Å². The number of nitrogens with zero attached hydrogens (tertiary/aromatic N) is 2. The van der Waals surface area contributed by atoms with Crippen LogP contribution < -0.4 is 0 Å². The number of rotatable bonds is 2. The van der Waals surface area contributed by atoms with E-state index >= 15 is 0 Å². The summed E-state index contributed by atoms with van der Waals surface area (Å²) in [6.45, 7) is 0. The summed E-state index contributed by atoms with van der Waals surface area (Å²) in [5, 5.41) is 6.24. The van der Waals surface area contributed by atoms with Gasteiger partial charge in [-0.1, -0.05) is 11.6 Å². The Hall–Kier alpha value is -1.13. The van der Waals surface area contributed by atoms with Gasteiger partial charge in [-0.25, -0.2) is 0 Å². The lowest BCUT2D eigenvalue weighted by atomic mass is 10.2. The van der Waals surface area contributed by atoms with Crippen molar-refractivity contribution in [3.8, 4) is 0 Å². The molecule has 0 saturated heterocycles. The van der Waals surface area contributed by atoms with Crippen molar-refractivity contribution in [2.45, 2.75) is 0 Å². The lowest BCUT2D eigenvalue weighted by Gasteiger charge is -1.93. The number of halogens is 1. The minimum atomic E-state index is -0.0712. The van der Waals surface area contributed by atoms with Gasteiger partial charge in [-0.2, -0.15) is 5.10 Å². The molecule has 2 heterocycles. The molecular formula is C9H7ClN2OS. The normalized spacial score (nSPS) is 10.4. The maximum absolute atomic E-state index is 11.8. The van der Waals surface area contributed by atoms with E-state index in [1.54, 1.807) is 35.6 Å². The Morgan fingerprint density at radius 2 is 2.43 bits per heavy atom. The predicted molar refractivity (Wildman–Crippen MR) is 56.0 cm³/mol. The summed E-state index contributed by atoms with van der Waals surface area (Å²) in [5.74, 6) is -0.0712. The number of aryl methyl sites for hydroxylation is 1. The van der Waals surface area contributed by atoms with E-state index in [1.165, 1.54) is 11.3 Å². The third kappa shape index (κ3) is 1.58. The van der Waals surface area contributed by atoms with Gasteiger partial charge in [-0.05, 0) is 11.4 Å². The summed E-state index contributed by atoms with van der Waals surface area (Å²) in [6, 6.07) is 1.72. The molecule has 0 spiro atoms. The van der Waals surface area contributed by atoms with Gasteiger partial charge >= 0.3 is 0 Å². The molecule has 72 valence electrons. The number of thiophene rings is 1. The third-order valence-electron chi connectivity index (χ3n) is 1.79. The van der Waals surface area contributed by atoms with E-state index in [0.29, 0.717) is 15.5 Å². The van der Waals surface area contributed by atoms with E-state index in [4.69, 9.17) is 11.6 Å². The minimum Gasteiger partial charge on any atom is -0.288 e. The van der Waals surface area contributed by atoms with Crippen LogP contribution in [-0.2, 0) is 7.05 Å². The van der Waals surface area contributed by atoms with Crippen LogP contribution in [0.5, 0.6) is 0 Å². The highest BCUT2D eigenvalue weighted by atomic mass is 35.5. The second-order valence-electron chi connectivity index (χ2n) is 2.83. The van der Waals surface area contributed by atoms with E-state index in [9.17, 15) is 4.79 Å². The zero-order valence-corrected chi connectivity index (χ0v) is 8.97. The molecule has 0 aromatic carbocycles. The Kier molecular flexibility index (Phi) is 2.39. The molecule has 2 aromatic heterocycles. The fourth-order valence-electron chi connectivity index (χ4n) is 1.13. The van der Waals surface area contributed by atoms with Crippen LogP contribution in [0.15, 0.2) is 23.8 Å². The topological polar surface area (TPSA) is 34.9 Å². The van der Waals surface area contributed by atoms with Gasteiger partial charge in [0.1, 0.15) is 0 Å². The smallest absolute Gasteiger partial charge is 0.207 e. The molecule has 0 bridgehead atoms. The standard InChI is InChI=1S/C9H7ClN2OS/c1-12-5-6(4-11-12)8(13)9-7(10)2-3-14-9/h2-5H,1H3. The predicted octanol–water partition coefficient (Wildman–Crippen LogP) is 2.37. The van der Waals surface area contributed by atoms with Crippen LogP contribution in [0.4, 0.5) is 0 Å². The Balaban J connectivity index is 2.38. The zero-order valence-electron chi connectivity index (χ0n) is 7.40. The highest BCUT2D eigenvalue weighted by Crippen LogP contribution is 2.24. The number of hydrogen-bond donors (Lipinski definition) is 0. The van der Waals surface area contributed by atoms with Crippen molar-refractivity contribution in [3.05, 3.63) is 39.3 Å². The second kappa shape index (κ2) is 3.55. The lowest BCUT2D eigenvalue weighted by Crippen LogP contribution is -1.97. The van der Waals surface area contributed by atoms with Crippen molar-refractivity contribution in [2.75, 3.05) is 0 Å². The Morgan fingerprint density at radius 3 is 2.93 bits per heavy atom. The molecule has 14 heavy (non-hydrogen) atoms. The third-order valence-corrected chi connectivity index (χ3v) is 3.13. The van der Waals surface area contributed by atoms with Crippen LogP contribution in [0, 0.1) is 0 Å². The van der Waals surface area contributed by atoms with E-state index in [-0.39, 0.29) is 5.78 Å². The second-order valence-corrected chi connectivity index (χ2v) is 4.15. The van der Waals surface area contributed by atoms with Gasteiger partial charge in [0.25, 0.3) is 0 Å². The highest BCUT2D eigenvalue weighted by Gasteiger charge is 2.15. The molecule has 0 aliphatic rings. The Labute approximate surface area is 89.9 Å².